The van der Waals surface area contributed by atoms with E-state index >= 15 is 0 Å². The molecule has 0 unspecified atom stereocenters. The molecule has 1 aromatic heterocycles. The zero-order valence-electron chi connectivity index (χ0n) is 11.3. The Morgan fingerprint density at radius 1 is 1.42 bits per heavy atom. The molecule has 0 saturated carbocycles. The lowest BCUT2D eigenvalue weighted by Gasteiger charge is -2.23. The lowest BCUT2D eigenvalue weighted by atomic mass is 9.95. The van der Waals surface area contributed by atoms with Gasteiger partial charge in [-0.05, 0) is 25.1 Å². The van der Waals surface area contributed by atoms with Gasteiger partial charge < -0.3 is 14.8 Å². The SMILES string of the molecule is Cc1nc2cc(C(=O)O)ccc2n1CC(C)(C)CO. The molecule has 0 radical (unpaired) electrons. The zero-order chi connectivity index (χ0) is 14.2. The number of aliphatic hydroxyl groups is 1. The van der Waals surface area contributed by atoms with Gasteiger partial charge in [-0.3, -0.25) is 0 Å². The van der Waals surface area contributed by atoms with Crippen molar-refractivity contribution < 1.29 is 15.0 Å². The molecule has 5 nitrogen and oxygen atoms in total. The van der Waals surface area contributed by atoms with Gasteiger partial charge in [-0.25, -0.2) is 9.78 Å². The van der Waals surface area contributed by atoms with Crippen LogP contribution in [0.15, 0.2) is 18.2 Å². The lowest BCUT2D eigenvalue weighted by Crippen LogP contribution is -2.24. The molecule has 0 fully saturated rings. The van der Waals surface area contributed by atoms with Crippen molar-refractivity contribution in [3.05, 3.63) is 29.6 Å². The summed E-state index contributed by atoms with van der Waals surface area (Å²) in [5.74, 6) is -0.135. The fourth-order valence-electron chi connectivity index (χ4n) is 2.06. The average Bonchev–Trinajstić information content (AvgIpc) is 2.65. The molecule has 1 heterocycles. The summed E-state index contributed by atoms with van der Waals surface area (Å²) in [6.07, 6.45) is 0. The highest BCUT2D eigenvalue weighted by Gasteiger charge is 2.20. The second-order valence-electron chi connectivity index (χ2n) is 5.58. The normalized spacial score (nSPS) is 12.0. The number of aliphatic hydroxyl groups excluding tert-OH is 1. The first-order valence-corrected chi connectivity index (χ1v) is 6.15. The van der Waals surface area contributed by atoms with Crippen LogP contribution in [0.4, 0.5) is 0 Å². The minimum Gasteiger partial charge on any atom is -0.478 e. The number of aromatic carboxylic acids is 1. The van der Waals surface area contributed by atoms with Gasteiger partial charge in [0.25, 0.3) is 0 Å². The maximum atomic E-state index is 10.9. The number of imidazole rings is 1. The van der Waals surface area contributed by atoms with Gasteiger partial charge in [0, 0.05) is 18.6 Å². The molecular weight excluding hydrogens is 244 g/mol. The first-order valence-electron chi connectivity index (χ1n) is 6.15. The summed E-state index contributed by atoms with van der Waals surface area (Å²) in [6, 6.07) is 4.92. The second kappa shape index (κ2) is 4.66. The maximum Gasteiger partial charge on any atom is 0.335 e. The Morgan fingerprint density at radius 2 is 2.11 bits per heavy atom. The monoisotopic (exact) mass is 262 g/mol. The molecule has 1 aromatic carbocycles. The third kappa shape index (κ3) is 2.61. The average molecular weight is 262 g/mol. The Balaban J connectivity index is 2.51. The molecule has 0 aliphatic heterocycles. The van der Waals surface area contributed by atoms with E-state index in [1.165, 1.54) is 0 Å². The van der Waals surface area contributed by atoms with Crippen LogP contribution in [0.1, 0.15) is 30.0 Å². The molecule has 2 aromatic rings. The Kier molecular flexibility index (Phi) is 3.32. The molecule has 2 N–H and O–H groups in total. The summed E-state index contributed by atoms with van der Waals surface area (Å²) < 4.78 is 2.01. The number of carbonyl (C=O) groups is 1. The third-order valence-electron chi connectivity index (χ3n) is 3.20. The van der Waals surface area contributed by atoms with E-state index in [1.807, 2.05) is 25.3 Å². The fourth-order valence-corrected chi connectivity index (χ4v) is 2.06. The fraction of sp³-hybridized carbons (Fsp3) is 0.429. The van der Waals surface area contributed by atoms with Gasteiger partial charge in [-0.2, -0.15) is 0 Å². The van der Waals surface area contributed by atoms with Crippen LogP contribution in [-0.4, -0.2) is 32.3 Å². The quantitative estimate of drug-likeness (QED) is 0.884. The molecule has 2 rings (SSSR count). The molecule has 19 heavy (non-hydrogen) atoms. The molecule has 0 atom stereocenters. The number of fused-ring (bicyclic) bond motifs is 1. The summed E-state index contributed by atoms with van der Waals surface area (Å²) in [5, 5.41) is 18.3. The Morgan fingerprint density at radius 3 is 2.68 bits per heavy atom. The van der Waals surface area contributed by atoms with Crippen LogP contribution in [0.2, 0.25) is 0 Å². The molecule has 0 saturated heterocycles. The Bertz CT molecular complexity index is 629. The smallest absolute Gasteiger partial charge is 0.335 e. The zero-order valence-corrected chi connectivity index (χ0v) is 11.3. The molecule has 0 aliphatic rings. The van der Waals surface area contributed by atoms with Crippen LogP contribution >= 0.6 is 0 Å². The number of benzene rings is 1. The Labute approximate surface area is 111 Å². The summed E-state index contributed by atoms with van der Waals surface area (Å²) in [5.41, 5.74) is 1.55. The minimum absolute atomic E-state index is 0.0827. The minimum atomic E-state index is -0.954. The standard InChI is InChI=1S/C14H18N2O3/c1-9-15-11-6-10(13(18)19)4-5-12(11)16(9)7-14(2,3)8-17/h4-6,17H,7-8H2,1-3H3,(H,18,19). The number of hydrogen-bond acceptors (Lipinski definition) is 3. The van der Waals surface area contributed by atoms with Gasteiger partial charge in [0.05, 0.1) is 16.6 Å². The van der Waals surface area contributed by atoms with Crippen molar-refractivity contribution in [1.29, 1.82) is 0 Å². The van der Waals surface area contributed by atoms with Crippen molar-refractivity contribution in [2.75, 3.05) is 6.61 Å². The lowest BCUT2D eigenvalue weighted by molar-refractivity contribution is 0.0697. The Hall–Kier alpha value is -1.88. The topological polar surface area (TPSA) is 75.3 Å². The molecular formula is C14H18N2O3. The van der Waals surface area contributed by atoms with Crippen molar-refractivity contribution in [2.24, 2.45) is 5.41 Å². The van der Waals surface area contributed by atoms with Crippen LogP contribution in [0.3, 0.4) is 0 Å². The maximum absolute atomic E-state index is 10.9. The molecule has 0 spiro atoms. The van der Waals surface area contributed by atoms with Crippen LogP contribution < -0.4 is 0 Å². The summed E-state index contributed by atoms with van der Waals surface area (Å²) in [7, 11) is 0. The van der Waals surface area contributed by atoms with E-state index in [2.05, 4.69) is 4.98 Å². The van der Waals surface area contributed by atoms with E-state index in [4.69, 9.17) is 5.11 Å². The van der Waals surface area contributed by atoms with Crippen LogP contribution in [0, 0.1) is 12.3 Å². The van der Waals surface area contributed by atoms with Gasteiger partial charge in [-0.15, -0.1) is 0 Å². The predicted molar refractivity (Wildman–Crippen MR) is 72.3 cm³/mol. The molecule has 0 aliphatic carbocycles. The number of carboxylic acids is 1. The summed E-state index contributed by atoms with van der Waals surface area (Å²) >= 11 is 0. The summed E-state index contributed by atoms with van der Waals surface area (Å²) in [4.78, 5) is 15.3. The highest BCUT2D eigenvalue weighted by Crippen LogP contribution is 2.24. The summed E-state index contributed by atoms with van der Waals surface area (Å²) in [6.45, 7) is 6.55. The van der Waals surface area contributed by atoms with Gasteiger partial charge in [0.15, 0.2) is 0 Å². The van der Waals surface area contributed by atoms with Crippen molar-refractivity contribution in [1.82, 2.24) is 9.55 Å². The van der Waals surface area contributed by atoms with Crippen LogP contribution in [0.25, 0.3) is 11.0 Å². The highest BCUT2D eigenvalue weighted by molar-refractivity contribution is 5.92. The second-order valence-corrected chi connectivity index (χ2v) is 5.58. The van der Waals surface area contributed by atoms with Gasteiger partial charge in [0.1, 0.15) is 5.82 Å². The highest BCUT2D eigenvalue weighted by atomic mass is 16.4. The van der Waals surface area contributed by atoms with Gasteiger partial charge in [0.2, 0.25) is 0 Å². The van der Waals surface area contributed by atoms with Crippen molar-refractivity contribution >= 4 is 17.0 Å². The number of nitrogens with zero attached hydrogens (tertiary/aromatic N) is 2. The van der Waals surface area contributed by atoms with Gasteiger partial charge in [-0.1, -0.05) is 13.8 Å². The van der Waals surface area contributed by atoms with Crippen molar-refractivity contribution in [2.45, 2.75) is 27.3 Å². The van der Waals surface area contributed by atoms with E-state index in [0.717, 1.165) is 11.3 Å². The van der Waals surface area contributed by atoms with E-state index < -0.39 is 5.97 Å². The first kappa shape index (κ1) is 13.5. The number of aromatic nitrogens is 2. The van der Waals surface area contributed by atoms with E-state index in [1.54, 1.807) is 18.2 Å². The molecule has 0 amide bonds. The molecule has 0 bridgehead atoms. The largest absolute Gasteiger partial charge is 0.478 e. The van der Waals surface area contributed by atoms with Crippen LogP contribution in [0.5, 0.6) is 0 Å². The van der Waals surface area contributed by atoms with Crippen molar-refractivity contribution in [3.8, 4) is 0 Å². The van der Waals surface area contributed by atoms with Gasteiger partial charge >= 0.3 is 5.97 Å². The van der Waals surface area contributed by atoms with E-state index in [-0.39, 0.29) is 17.6 Å². The molecule has 102 valence electrons. The van der Waals surface area contributed by atoms with E-state index in [9.17, 15) is 9.90 Å². The predicted octanol–water partition coefficient (Wildman–Crippen LogP) is 2.06. The number of rotatable bonds is 4. The van der Waals surface area contributed by atoms with Crippen LogP contribution in [-0.2, 0) is 6.54 Å². The molecule has 5 heteroatoms. The number of aryl methyl sites for hydroxylation is 1. The van der Waals surface area contributed by atoms with Crippen molar-refractivity contribution in [3.63, 3.8) is 0 Å². The number of hydrogen-bond donors (Lipinski definition) is 2. The third-order valence-corrected chi connectivity index (χ3v) is 3.20. The first-order chi connectivity index (χ1) is 8.84. The number of carboxylic acid groups (broad SMARTS) is 1. The van der Waals surface area contributed by atoms with E-state index in [0.29, 0.717) is 12.1 Å².